The monoisotopic (exact) mass is 190 g/mol. The highest BCUT2D eigenvalue weighted by molar-refractivity contribution is 5.58. The van der Waals surface area contributed by atoms with E-state index in [9.17, 15) is 0 Å². The molecular formula is C12H18N2. The Morgan fingerprint density at radius 1 is 1.43 bits per heavy atom. The topological polar surface area (TPSA) is 24.1 Å². The number of nitrogens with one attached hydrogen (secondary N) is 2. The van der Waals surface area contributed by atoms with Crippen LogP contribution in [0.1, 0.15) is 25.0 Å². The highest BCUT2D eigenvalue weighted by Crippen LogP contribution is 2.25. The van der Waals surface area contributed by atoms with Crippen LogP contribution >= 0.6 is 0 Å². The molecule has 2 nitrogen and oxygen atoms in total. The van der Waals surface area contributed by atoms with Gasteiger partial charge >= 0.3 is 0 Å². The zero-order valence-corrected chi connectivity index (χ0v) is 8.93. The first-order valence-electron chi connectivity index (χ1n) is 5.35. The Hall–Kier alpha value is -1.02. The smallest absolute Gasteiger partial charge is 0.0376 e. The molecule has 1 aliphatic rings. The minimum Gasteiger partial charge on any atom is -0.384 e. The number of fused-ring (bicyclic) bond motifs is 1. The Bertz CT molecular complexity index is 318. The number of hydrogen-bond donors (Lipinski definition) is 2. The molecule has 1 aromatic rings. The van der Waals surface area contributed by atoms with Crippen LogP contribution in [0.15, 0.2) is 18.2 Å². The van der Waals surface area contributed by atoms with Crippen molar-refractivity contribution in [3.05, 3.63) is 29.3 Å². The molecule has 2 heteroatoms. The summed E-state index contributed by atoms with van der Waals surface area (Å²) in [7, 11) is 0. The SMILES string of the molecule is CC(C)NCc1cccc2c1CCN2. The predicted octanol–water partition coefficient (Wildman–Crippen LogP) is 2.15. The Balaban J connectivity index is 2.14. The van der Waals surface area contributed by atoms with Gasteiger partial charge in [-0.3, -0.25) is 0 Å². The molecule has 0 bridgehead atoms. The van der Waals surface area contributed by atoms with E-state index in [0.717, 1.165) is 13.1 Å². The van der Waals surface area contributed by atoms with Crippen molar-refractivity contribution >= 4 is 5.69 Å². The number of anilines is 1. The van der Waals surface area contributed by atoms with Crippen molar-refractivity contribution in [3.8, 4) is 0 Å². The Morgan fingerprint density at radius 2 is 2.29 bits per heavy atom. The lowest BCUT2D eigenvalue weighted by atomic mass is 10.0. The molecule has 0 fully saturated rings. The molecule has 0 saturated carbocycles. The first-order valence-corrected chi connectivity index (χ1v) is 5.35. The van der Waals surface area contributed by atoms with Crippen molar-refractivity contribution in [2.75, 3.05) is 11.9 Å². The van der Waals surface area contributed by atoms with Gasteiger partial charge in [0.1, 0.15) is 0 Å². The highest BCUT2D eigenvalue weighted by atomic mass is 14.9. The normalized spacial score (nSPS) is 14.2. The second kappa shape index (κ2) is 4.01. The Labute approximate surface area is 85.7 Å². The van der Waals surface area contributed by atoms with E-state index in [-0.39, 0.29) is 0 Å². The maximum absolute atomic E-state index is 3.46. The molecule has 0 atom stereocenters. The number of benzene rings is 1. The zero-order chi connectivity index (χ0) is 9.97. The second-order valence-electron chi connectivity index (χ2n) is 4.16. The molecule has 1 heterocycles. The summed E-state index contributed by atoms with van der Waals surface area (Å²) < 4.78 is 0. The van der Waals surface area contributed by atoms with Gasteiger partial charge in [0.15, 0.2) is 0 Å². The molecule has 76 valence electrons. The average molecular weight is 190 g/mol. The van der Waals surface area contributed by atoms with Gasteiger partial charge in [-0.15, -0.1) is 0 Å². The van der Waals surface area contributed by atoms with Gasteiger partial charge in [0, 0.05) is 24.8 Å². The third-order valence-electron chi connectivity index (χ3n) is 2.66. The van der Waals surface area contributed by atoms with Crippen LogP contribution in [-0.2, 0) is 13.0 Å². The molecule has 0 radical (unpaired) electrons. The van der Waals surface area contributed by atoms with Gasteiger partial charge in [0.25, 0.3) is 0 Å². The van der Waals surface area contributed by atoms with Crippen molar-refractivity contribution in [1.29, 1.82) is 0 Å². The molecule has 0 aromatic heterocycles. The van der Waals surface area contributed by atoms with E-state index in [1.807, 2.05) is 0 Å². The highest BCUT2D eigenvalue weighted by Gasteiger charge is 2.12. The summed E-state index contributed by atoms with van der Waals surface area (Å²) in [5.41, 5.74) is 4.27. The van der Waals surface area contributed by atoms with Crippen LogP contribution < -0.4 is 10.6 Å². The fourth-order valence-corrected chi connectivity index (χ4v) is 1.90. The summed E-state index contributed by atoms with van der Waals surface area (Å²) in [4.78, 5) is 0. The van der Waals surface area contributed by atoms with Crippen molar-refractivity contribution < 1.29 is 0 Å². The fourth-order valence-electron chi connectivity index (χ4n) is 1.90. The lowest BCUT2D eigenvalue weighted by Crippen LogP contribution is -2.22. The van der Waals surface area contributed by atoms with Crippen molar-refractivity contribution in [1.82, 2.24) is 5.32 Å². The number of rotatable bonds is 3. The van der Waals surface area contributed by atoms with Crippen molar-refractivity contribution in [3.63, 3.8) is 0 Å². The number of hydrogen-bond acceptors (Lipinski definition) is 2. The van der Waals surface area contributed by atoms with Crippen LogP contribution in [0.3, 0.4) is 0 Å². The molecule has 1 aromatic carbocycles. The minimum atomic E-state index is 0.556. The van der Waals surface area contributed by atoms with Gasteiger partial charge in [-0.2, -0.15) is 0 Å². The van der Waals surface area contributed by atoms with E-state index < -0.39 is 0 Å². The van der Waals surface area contributed by atoms with Gasteiger partial charge in [-0.1, -0.05) is 26.0 Å². The van der Waals surface area contributed by atoms with Crippen LogP contribution in [0.5, 0.6) is 0 Å². The molecule has 2 N–H and O–H groups in total. The maximum Gasteiger partial charge on any atom is 0.0376 e. The summed E-state index contributed by atoms with van der Waals surface area (Å²) in [6, 6.07) is 7.08. The molecule has 14 heavy (non-hydrogen) atoms. The first-order chi connectivity index (χ1) is 6.77. The van der Waals surface area contributed by atoms with E-state index in [1.54, 1.807) is 0 Å². The van der Waals surface area contributed by atoms with Gasteiger partial charge in [-0.05, 0) is 23.6 Å². The van der Waals surface area contributed by atoms with Crippen LogP contribution in [-0.4, -0.2) is 12.6 Å². The second-order valence-corrected chi connectivity index (χ2v) is 4.16. The third-order valence-corrected chi connectivity index (χ3v) is 2.66. The predicted molar refractivity (Wildman–Crippen MR) is 60.6 cm³/mol. The van der Waals surface area contributed by atoms with Crippen molar-refractivity contribution in [2.45, 2.75) is 32.9 Å². The van der Waals surface area contributed by atoms with E-state index >= 15 is 0 Å². The van der Waals surface area contributed by atoms with Crippen LogP contribution in [0, 0.1) is 0 Å². The van der Waals surface area contributed by atoms with Gasteiger partial charge < -0.3 is 10.6 Å². The Kier molecular flexibility index (Phi) is 2.73. The molecule has 0 amide bonds. The summed E-state index contributed by atoms with van der Waals surface area (Å²) in [5.74, 6) is 0. The average Bonchev–Trinajstić information content (AvgIpc) is 2.62. The lowest BCUT2D eigenvalue weighted by molar-refractivity contribution is 0.587. The summed E-state index contributed by atoms with van der Waals surface area (Å²) in [6.07, 6.45) is 1.17. The van der Waals surface area contributed by atoms with Crippen LogP contribution in [0.4, 0.5) is 5.69 Å². The van der Waals surface area contributed by atoms with E-state index in [1.165, 1.54) is 23.2 Å². The molecule has 0 unspecified atom stereocenters. The summed E-state index contributed by atoms with van der Waals surface area (Å²) >= 11 is 0. The first kappa shape index (κ1) is 9.53. The summed E-state index contributed by atoms with van der Waals surface area (Å²) in [6.45, 7) is 6.44. The van der Waals surface area contributed by atoms with Crippen molar-refractivity contribution in [2.24, 2.45) is 0 Å². The van der Waals surface area contributed by atoms with Gasteiger partial charge in [0.05, 0.1) is 0 Å². The molecular weight excluding hydrogens is 172 g/mol. The lowest BCUT2D eigenvalue weighted by Gasteiger charge is -2.11. The van der Waals surface area contributed by atoms with Gasteiger partial charge in [-0.25, -0.2) is 0 Å². The standard InChI is InChI=1S/C12H18N2/c1-9(2)14-8-10-4-3-5-12-11(10)6-7-13-12/h3-5,9,13-14H,6-8H2,1-2H3. The molecule has 0 aliphatic carbocycles. The zero-order valence-electron chi connectivity index (χ0n) is 8.93. The molecule has 1 aliphatic heterocycles. The van der Waals surface area contributed by atoms with E-state index in [2.05, 4.69) is 42.7 Å². The quantitative estimate of drug-likeness (QED) is 0.763. The molecule has 2 rings (SSSR count). The maximum atomic E-state index is 3.46. The molecule has 0 saturated heterocycles. The van der Waals surface area contributed by atoms with E-state index in [4.69, 9.17) is 0 Å². The molecule has 0 spiro atoms. The third kappa shape index (κ3) is 1.90. The van der Waals surface area contributed by atoms with Crippen LogP contribution in [0.2, 0.25) is 0 Å². The fraction of sp³-hybridized carbons (Fsp3) is 0.500. The van der Waals surface area contributed by atoms with Crippen LogP contribution in [0.25, 0.3) is 0 Å². The van der Waals surface area contributed by atoms with Gasteiger partial charge in [0.2, 0.25) is 0 Å². The summed E-state index contributed by atoms with van der Waals surface area (Å²) in [5, 5.41) is 6.86. The van der Waals surface area contributed by atoms with E-state index in [0.29, 0.717) is 6.04 Å². The minimum absolute atomic E-state index is 0.556. The Morgan fingerprint density at radius 3 is 3.07 bits per heavy atom. The largest absolute Gasteiger partial charge is 0.384 e.